The summed E-state index contributed by atoms with van der Waals surface area (Å²) in [4.78, 5) is 30.2. The normalized spacial score (nSPS) is 15.6. The number of aromatic nitrogens is 3. The van der Waals surface area contributed by atoms with E-state index in [1.54, 1.807) is 25.4 Å². The van der Waals surface area contributed by atoms with Crippen molar-refractivity contribution in [1.29, 1.82) is 5.26 Å². The fourth-order valence-electron chi connectivity index (χ4n) is 7.16. The van der Waals surface area contributed by atoms with Crippen molar-refractivity contribution in [3.63, 3.8) is 0 Å². The molecule has 0 spiro atoms. The van der Waals surface area contributed by atoms with Gasteiger partial charge >= 0.3 is 5.97 Å². The Bertz CT molecular complexity index is 2380. The minimum atomic E-state index is -1.37. The molecular weight excluding hydrogens is 732 g/mol. The Balaban J connectivity index is 1.17. The van der Waals surface area contributed by atoms with Crippen molar-refractivity contribution in [2.75, 3.05) is 26.8 Å². The molecule has 2 aromatic carbocycles. The summed E-state index contributed by atoms with van der Waals surface area (Å²) >= 11 is 6.82. The quantitative estimate of drug-likeness (QED) is 0.106. The molecule has 12 nitrogen and oxygen atoms in total. The van der Waals surface area contributed by atoms with Crippen molar-refractivity contribution in [2.24, 2.45) is 10.4 Å². The van der Waals surface area contributed by atoms with Gasteiger partial charge in [-0.15, -0.1) is 0 Å². The van der Waals surface area contributed by atoms with E-state index in [-0.39, 0.29) is 42.3 Å². The van der Waals surface area contributed by atoms with Crippen LogP contribution in [0.15, 0.2) is 78.0 Å². The second-order valence-electron chi connectivity index (χ2n) is 14.2. The van der Waals surface area contributed by atoms with Gasteiger partial charge < -0.3 is 29.7 Å². The Labute approximate surface area is 329 Å². The van der Waals surface area contributed by atoms with E-state index in [1.165, 1.54) is 18.7 Å². The Hall–Kier alpha value is -6.03. The molecule has 1 aliphatic heterocycles. The van der Waals surface area contributed by atoms with Crippen LogP contribution in [0.5, 0.6) is 17.6 Å². The van der Waals surface area contributed by atoms with E-state index < -0.39 is 18.0 Å². The van der Waals surface area contributed by atoms with Crippen LogP contribution in [-0.4, -0.2) is 63.8 Å². The van der Waals surface area contributed by atoms with Gasteiger partial charge in [-0.05, 0) is 91.6 Å². The van der Waals surface area contributed by atoms with Crippen molar-refractivity contribution in [3.8, 4) is 46.1 Å². The molecule has 13 heteroatoms. The molecule has 0 saturated heterocycles. The molecule has 2 atom stereocenters. The molecule has 0 bridgehead atoms. The van der Waals surface area contributed by atoms with Gasteiger partial charge in [-0.25, -0.2) is 4.98 Å². The number of aryl methyl sites for hydroxylation is 1. The van der Waals surface area contributed by atoms with E-state index in [0.29, 0.717) is 29.0 Å². The number of carboxylic acids is 1. The first-order chi connectivity index (χ1) is 27.1. The number of nitrogens with zero attached hydrogens (tertiary/aromatic N) is 5. The van der Waals surface area contributed by atoms with Gasteiger partial charge in [0.25, 0.3) is 0 Å². The first-order valence-electron chi connectivity index (χ1n) is 18.4. The molecule has 2 aliphatic rings. The van der Waals surface area contributed by atoms with Crippen molar-refractivity contribution in [2.45, 2.75) is 52.2 Å². The lowest BCUT2D eigenvalue weighted by Crippen LogP contribution is -2.32. The van der Waals surface area contributed by atoms with Crippen molar-refractivity contribution in [1.82, 2.24) is 20.3 Å². The van der Waals surface area contributed by atoms with Crippen LogP contribution in [0.4, 0.5) is 0 Å². The summed E-state index contributed by atoms with van der Waals surface area (Å²) in [6.07, 6.45) is 4.51. The second-order valence-corrected chi connectivity index (χ2v) is 14.6. The number of methoxy groups -OCH3 is 1. The number of pyridine rings is 3. The third-order valence-corrected chi connectivity index (χ3v) is 10.7. The maximum Gasteiger partial charge on any atom is 0.311 e. The van der Waals surface area contributed by atoms with E-state index in [0.717, 1.165) is 64.4 Å². The van der Waals surface area contributed by atoms with E-state index in [1.807, 2.05) is 24.3 Å². The molecule has 3 N–H and O–H groups in total. The number of carbonyl (C=O) groups is 1. The zero-order chi connectivity index (χ0) is 39.4. The number of aliphatic hydroxyl groups excluding tert-OH is 1. The van der Waals surface area contributed by atoms with Gasteiger partial charge in [0.15, 0.2) is 0 Å². The number of nitriles is 1. The number of hydrogen-bond acceptors (Lipinski definition) is 11. The molecule has 0 radical (unpaired) electrons. The zero-order valence-electron chi connectivity index (χ0n) is 31.3. The molecule has 4 heterocycles. The van der Waals surface area contributed by atoms with E-state index in [2.05, 4.69) is 52.6 Å². The third-order valence-electron chi connectivity index (χ3n) is 10.4. The first-order valence-corrected chi connectivity index (χ1v) is 18.7. The van der Waals surface area contributed by atoms with Crippen molar-refractivity contribution >= 4 is 23.4 Å². The summed E-state index contributed by atoms with van der Waals surface area (Å²) in [6.45, 7) is 4.62. The molecule has 286 valence electrons. The highest BCUT2D eigenvalue weighted by molar-refractivity contribution is 6.31. The van der Waals surface area contributed by atoms with E-state index in [4.69, 9.17) is 35.8 Å². The molecule has 3 aromatic heterocycles. The average molecular weight is 773 g/mol. The maximum absolute atomic E-state index is 11.9. The van der Waals surface area contributed by atoms with Gasteiger partial charge in [-0.3, -0.25) is 14.8 Å². The molecule has 0 unspecified atom stereocenters. The molecule has 1 aliphatic carbocycles. The van der Waals surface area contributed by atoms with Gasteiger partial charge in [0.1, 0.15) is 29.6 Å². The number of fused-ring (bicyclic) bond motifs is 1. The SMILES string of the molecule is COc1nc(-c2cccc(-c3cccc4c3CC[C@@H]4Oc3nc(OCc4cncc(C#N)c4)c(CC[C@@](C)(CO)C(=O)O)cc3Cl)c2C)ccc1C1=NCCN1. The highest BCUT2D eigenvalue weighted by Crippen LogP contribution is 2.44. The number of carboxylic acid groups (broad SMARTS) is 1. The lowest BCUT2D eigenvalue weighted by atomic mass is 9.85. The van der Waals surface area contributed by atoms with Crippen LogP contribution in [0.1, 0.15) is 64.8 Å². The number of nitrogens with one attached hydrogen (secondary N) is 1. The molecule has 56 heavy (non-hydrogen) atoms. The minimum absolute atomic E-state index is 0.0484. The number of amidine groups is 1. The summed E-state index contributed by atoms with van der Waals surface area (Å²) in [6, 6.07) is 21.9. The third kappa shape index (κ3) is 7.74. The Kier molecular flexibility index (Phi) is 11.2. The summed E-state index contributed by atoms with van der Waals surface area (Å²) in [5.41, 5.74) is 8.36. The molecule has 5 aromatic rings. The highest BCUT2D eigenvalue weighted by Gasteiger charge is 2.33. The fraction of sp³-hybridized carbons (Fsp3) is 0.302. The largest absolute Gasteiger partial charge is 0.481 e. The minimum Gasteiger partial charge on any atom is -0.481 e. The number of benzene rings is 2. The fourth-order valence-corrected chi connectivity index (χ4v) is 7.38. The molecule has 0 saturated carbocycles. The lowest BCUT2D eigenvalue weighted by molar-refractivity contribution is -0.150. The van der Waals surface area contributed by atoms with Gasteiger partial charge in [0.05, 0.1) is 42.5 Å². The second kappa shape index (κ2) is 16.4. The number of aliphatic imine (C=N–C) groups is 1. The van der Waals surface area contributed by atoms with Crippen LogP contribution in [-0.2, 0) is 24.2 Å². The summed E-state index contributed by atoms with van der Waals surface area (Å²) in [7, 11) is 1.62. The van der Waals surface area contributed by atoms with Crippen LogP contribution in [0, 0.1) is 23.7 Å². The zero-order valence-corrected chi connectivity index (χ0v) is 32.1. The highest BCUT2D eigenvalue weighted by atomic mass is 35.5. The van der Waals surface area contributed by atoms with Gasteiger partial charge in [-0.1, -0.05) is 48.0 Å². The molecule has 0 amide bonds. The number of hydrogen-bond donors (Lipinski definition) is 3. The lowest BCUT2D eigenvalue weighted by Gasteiger charge is -2.23. The number of ether oxygens (including phenoxy) is 3. The van der Waals surface area contributed by atoms with Crippen LogP contribution in [0.2, 0.25) is 5.02 Å². The standard InChI is InChI=1S/C43H41ClN6O6/c1-25-29(6-4-7-30(25)36-12-10-34(40(49-36)54-3)38-47-16-17-48-38)31-8-5-9-33-32(31)11-13-37(33)56-41-35(44)19-28(14-15-43(2,24-51)42(52)53)39(50-41)55-23-27-18-26(20-45)21-46-22-27/h4-10,12,18-19,21-22,37,51H,11,13-17,23-24H2,1-3H3,(H,47,48)(H,52,53)/t37-,43-/m0/s1. The average Bonchev–Trinajstić information content (AvgIpc) is 3.91. The summed E-state index contributed by atoms with van der Waals surface area (Å²) in [5, 5.41) is 32.5. The molecule has 7 rings (SSSR count). The predicted molar refractivity (Wildman–Crippen MR) is 211 cm³/mol. The van der Waals surface area contributed by atoms with E-state index in [9.17, 15) is 20.3 Å². The van der Waals surface area contributed by atoms with Gasteiger partial charge in [0, 0.05) is 35.6 Å². The monoisotopic (exact) mass is 772 g/mol. The number of rotatable bonds is 14. The first kappa shape index (κ1) is 38.3. The van der Waals surface area contributed by atoms with Crippen LogP contribution < -0.4 is 19.5 Å². The topological polar surface area (TPSA) is 172 Å². The van der Waals surface area contributed by atoms with Crippen molar-refractivity contribution in [3.05, 3.63) is 117 Å². The van der Waals surface area contributed by atoms with Crippen LogP contribution in [0.3, 0.4) is 0 Å². The Morgan fingerprint density at radius 1 is 1.04 bits per heavy atom. The van der Waals surface area contributed by atoms with E-state index >= 15 is 0 Å². The maximum atomic E-state index is 11.9. The van der Waals surface area contributed by atoms with Crippen LogP contribution >= 0.6 is 11.6 Å². The Morgan fingerprint density at radius 3 is 2.59 bits per heavy atom. The number of halogens is 1. The number of aliphatic hydroxyl groups is 1. The smallest absolute Gasteiger partial charge is 0.311 e. The molecule has 0 fully saturated rings. The Morgan fingerprint density at radius 2 is 1.84 bits per heavy atom. The summed E-state index contributed by atoms with van der Waals surface area (Å²) < 4.78 is 18.4. The van der Waals surface area contributed by atoms with Crippen LogP contribution in [0.25, 0.3) is 22.4 Å². The molecular formula is C43H41ClN6O6. The summed E-state index contributed by atoms with van der Waals surface area (Å²) in [5.74, 6) is 0.592. The number of aliphatic carboxylic acids is 1. The predicted octanol–water partition coefficient (Wildman–Crippen LogP) is 7.06. The van der Waals surface area contributed by atoms with Gasteiger partial charge in [0.2, 0.25) is 17.6 Å². The van der Waals surface area contributed by atoms with Crippen molar-refractivity contribution < 1.29 is 29.2 Å². The van der Waals surface area contributed by atoms with Gasteiger partial charge in [-0.2, -0.15) is 10.2 Å².